The first kappa shape index (κ1) is 30.7. The maximum atomic E-state index is 10.3. The summed E-state index contributed by atoms with van der Waals surface area (Å²) in [5.74, 6) is -0.750. The quantitative estimate of drug-likeness (QED) is 0.163. The number of nitrogens with one attached hydrogen (secondary N) is 1. The Balaban J connectivity index is 0.000000920. The lowest BCUT2D eigenvalue weighted by atomic mass is 10.1. The summed E-state index contributed by atoms with van der Waals surface area (Å²) in [5.41, 5.74) is 2.80. The predicted molar refractivity (Wildman–Crippen MR) is 130 cm³/mol. The van der Waals surface area contributed by atoms with Crippen molar-refractivity contribution in [1.29, 1.82) is 0 Å². The Kier molecular flexibility index (Phi) is 18.3. The minimum atomic E-state index is -1.24. The zero-order chi connectivity index (χ0) is 25.6. The molecule has 2 aromatic carbocycles. The van der Waals surface area contributed by atoms with Crippen LogP contribution in [0.3, 0.4) is 0 Å². The smallest absolute Gasteiger partial charge is 0.128 e. The summed E-state index contributed by atoms with van der Waals surface area (Å²) in [6.45, 7) is 2.90. The van der Waals surface area contributed by atoms with Gasteiger partial charge in [0.15, 0.2) is 0 Å². The monoisotopic (exact) mass is 475 g/mol. The van der Waals surface area contributed by atoms with Crippen molar-refractivity contribution in [2.75, 3.05) is 53.6 Å². The Morgan fingerprint density at radius 3 is 1.85 bits per heavy atom. The number of hydrogen-bond donors (Lipinski definition) is 4. The molecule has 0 fully saturated rings. The Morgan fingerprint density at radius 1 is 0.971 bits per heavy atom. The molecule has 2 aromatic rings. The molecule has 0 bridgehead atoms. The summed E-state index contributed by atoms with van der Waals surface area (Å²) in [6.07, 6.45) is 3.93. The summed E-state index contributed by atoms with van der Waals surface area (Å²) in [7, 11) is 3.63. The number of carbonyl (C=O) groups is 1. The van der Waals surface area contributed by atoms with Crippen molar-refractivity contribution in [3.63, 3.8) is 0 Å². The lowest BCUT2D eigenvalue weighted by Gasteiger charge is -2.06. The summed E-state index contributed by atoms with van der Waals surface area (Å²) in [6, 6.07) is 14.8. The normalized spacial score (nSPS) is 10.3. The van der Waals surface area contributed by atoms with Gasteiger partial charge in [0, 0.05) is 33.8 Å². The van der Waals surface area contributed by atoms with Crippen molar-refractivity contribution in [1.82, 2.24) is 10.3 Å². The highest BCUT2D eigenvalue weighted by Crippen LogP contribution is 2.17. The molecule has 0 radical (unpaired) electrons. The van der Waals surface area contributed by atoms with Gasteiger partial charge < -0.3 is 35.3 Å². The van der Waals surface area contributed by atoms with Gasteiger partial charge in [0.1, 0.15) is 12.4 Å². The van der Waals surface area contributed by atoms with E-state index < -0.39 is 12.6 Å². The highest BCUT2D eigenvalue weighted by molar-refractivity contribution is 5.70. The molecule has 10 heteroatoms. The van der Waals surface area contributed by atoms with Crippen LogP contribution in [-0.2, 0) is 4.79 Å². The zero-order valence-corrected chi connectivity index (χ0v) is 19.9. The number of benzene rings is 2. The van der Waals surface area contributed by atoms with E-state index in [0.29, 0.717) is 18.8 Å². The molecule has 0 aliphatic carbocycles. The first-order chi connectivity index (χ1) is 16.4. The summed E-state index contributed by atoms with van der Waals surface area (Å²) in [4.78, 5) is 10.3. The minimum Gasteiger partial charge on any atom is -0.546 e. The minimum absolute atomic E-state index is 0.139. The van der Waals surface area contributed by atoms with Crippen LogP contribution < -0.4 is 15.2 Å². The number of aliphatic hydroxyl groups is 3. The average molecular weight is 476 g/mol. The lowest BCUT2D eigenvalue weighted by Crippen LogP contribution is -2.28. The molecule has 0 atom stereocenters. The summed E-state index contributed by atoms with van der Waals surface area (Å²) in [5, 5.41) is 46.6. The Labute approximate surface area is 200 Å². The van der Waals surface area contributed by atoms with Crippen molar-refractivity contribution in [3.8, 4) is 5.75 Å². The van der Waals surface area contributed by atoms with Crippen LogP contribution in [0.2, 0.25) is 0 Å². The lowest BCUT2D eigenvalue weighted by molar-refractivity contribution is -0.307. The van der Waals surface area contributed by atoms with Crippen molar-refractivity contribution < 1.29 is 30.0 Å². The molecule has 10 nitrogen and oxygen atoms in total. The van der Waals surface area contributed by atoms with Crippen molar-refractivity contribution in [2.45, 2.75) is 6.92 Å². The highest BCUT2D eigenvalue weighted by Gasteiger charge is 1.95. The van der Waals surface area contributed by atoms with Crippen LogP contribution in [0.25, 0.3) is 12.2 Å². The fraction of sp³-hybridized carbons (Fsp3) is 0.375. The number of nitrogens with zero attached hydrogens (tertiary/aromatic N) is 3. The van der Waals surface area contributed by atoms with Gasteiger partial charge in [-0.2, -0.15) is 0 Å². The van der Waals surface area contributed by atoms with Gasteiger partial charge in [-0.05, 0) is 42.3 Å². The fourth-order valence-corrected chi connectivity index (χ4v) is 2.09. The van der Waals surface area contributed by atoms with Crippen molar-refractivity contribution in [2.24, 2.45) is 10.3 Å². The van der Waals surface area contributed by atoms with E-state index in [-0.39, 0.29) is 19.8 Å². The van der Waals surface area contributed by atoms with Crippen LogP contribution in [0.5, 0.6) is 5.75 Å². The molecule has 0 saturated carbocycles. The van der Waals surface area contributed by atoms with Gasteiger partial charge in [-0.3, -0.25) is 5.01 Å². The molecule has 4 N–H and O–H groups in total. The highest BCUT2D eigenvalue weighted by atomic mass is 16.5. The molecule has 0 aliphatic heterocycles. The maximum absolute atomic E-state index is 10.3. The van der Waals surface area contributed by atoms with Crippen LogP contribution in [-0.4, -0.2) is 79.9 Å². The molecule has 34 heavy (non-hydrogen) atoms. The van der Waals surface area contributed by atoms with Crippen molar-refractivity contribution in [3.05, 3.63) is 59.7 Å². The topological polar surface area (TPSA) is 150 Å². The van der Waals surface area contributed by atoms with Gasteiger partial charge in [0.2, 0.25) is 0 Å². The molecule has 2 rings (SSSR count). The van der Waals surface area contributed by atoms with E-state index in [4.69, 9.17) is 20.1 Å². The third kappa shape index (κ3) is 17.3. The molecule has 0 amide bonds. The molecule has 188 valence electrons. The molecule has 0 aliphatic rings. The van der Waals surface area contributed by atoms with Crippen LogP contribution in [0.15, 0.2) is 58.9 Å². The van der Waals surface area contributed by atoms with Crippen LogP contribution >= 0.6 is 0 Å². The van der Waals surface area contributed by atoms with Gasteiger partial charge in [-0.15, -0.1) is 5.11 Å². The molecule has 0 unspecified atom stereocenters. The molecule has 0 spiro atoms. The molecular weight excluding hydrogens is 440 g/mol. The zero-order valence-electron chi connectivity index (χ0n) is 19.9. The Hall–Kier alpha value is -3.31. The maximum Gasteiger partial charge on any atom is 0.128 e. The van der Waals surface area contributed by atoms with E-state index in [1.165, 1.54) is 0 Å². The fourth-order valence-electron chi connectivity index (χ4n) is 2.09. The number of carboxylic acid groups (broad SMARTS) is 1. The number of ether oxygens (including phenoxy) is 1. The van der Waals surface area contributed by atoms with Gasteiger partial charge in [0.25, 0.3) is 0 Å². The summed E-state index contributed by atoms with van der Waals surface area (Å²) >= 11 is 0. The van der Waals surface area contributed by atoms with E-state index in [1.807, 2.05) is 62.6 Å². The number of carbonyl (C=O) groups excluding carboxylic acids is 1. The van der Waals surface area contributed by atoms with E-state index >= 15 is 0 Å². The van der Waals surface area contributed by atoms with Gasteiger partial charge in [-0.1, -0.05) is 41.6 Å². The third-order valence-electron chi connectivity index (χ3n) is 3.51. The van der Waals surface area contributed by atoms with Crippen LogP contribution in [0, 0.1) is 0 Å². The standard InChI is InChI=1S/C18H19N3O3.C4H11NO2.C2H6O/c1-21(2)20-19-16-9-5-14(6-10-16)3-4-15-7-11-17(12-8-15)24-13-18(22)23;6-3-1-5-2-4-7;1-2-3/h3-12H,13H2,1-2H3,(H,22,23);5-7H,1-4H2;3H,2H2,1H3/p-1/b4-3+,20-19?;;. The second-order valence-corrected chi connectivity index (χ2v) is 6.70. The Morgan fingerprint density at radius 2 is 1.44 bits per heavy atom. The number of carboxylic acids is 1. The van der Waals surface area contributed by atoms with E-state index in [0.717, 1.165) is 16.8 Å². The predicted octanol–water partition coefficient (Wildman–Crippen LogP) is 1.11. The number of hydrogen-bond acceptors (Lipinski definition) is 9. The molecular formula is C24H35N4O6-. The largest absolute Gasteiger partial charge is 0.546 e. The first-order valence-electron chi connectivity index (χ1n) is 10.7. The van der Waals surface area contributed by atoms with Gasteiger partial charge >= 0.3 is 0 Å². The first-order valence-corrected chi connectivity index (χ1v) is 10.7. The van der Waals surface area contributed by atoms with Crippen molar-refractivity contribution >= 4 is 23.8 Å². The Bertz CT molecular complexity index is 820. The second kappa shape index (κ2) is 20.3. The molecule has 0 saturated heterocycles. The van der Waals surface area contributed by atoms with Gasteiger partial charge in [0.05, 0.1) is 24.9 Å². The van der Waals surface area contributed by atoms with E-state index in [1.54, 1.807) is 24.1 Å². The number of aliphatic carboxylic acids is 1. The van der Waals surface area contributed by atoms with E-state index in [9.17, 15) is 9.90 Å². The number of aliphatic hydroxyl groups excluding tert-OH is 3. The average Bonchev–Trinajstić information content (AvgIpc) is 2.82. The van der Waals surface area contributed by atoms with Gasteiger partial charge in [-0.25, -0.2) is 0 Å². The third-order valence-corrected chi connectivity index (χ3v) is 3.51. The second-order valence-electron chi connectivity index (χ2n) is 6.70. The molecule has 0 heterocycles. The van der Waals surface area contributed by atoms with Crippen LogP contribution in [0.4, 0.5) is 5.69 Å². The molecule has 0 aromatic heterocycles. The summed E-state index contributed by atoms with van der Waals surface area (Å²) < 4.78 is 5.03. The van der Waals surface area contributed by atoms with E-state index in [2.05, 4.69) is 15.7 Å². The number of rotatable bonds is 11. The van der Waals surface area contributed by atoms with Crippen LogP contribution in [0.1, 0.15) is 18.1 Å². The SMILES string of the molecule is CCO.CN(C)N=Nc1ccc(/C=C/c2ccc(OCC(=O)[O-])cc2)cc1.OCCNCCO.